The molecule has 0 aliphatic carbocycles. The molecule has 3 rings (SSSR count). The second kappa shape index (κ2) is 5.30. The van der Waals surface area contributed by atoms with Crippen molar-refractivity contribution in [2.45, 2.75) is 12.6 Å². The number of nitrogens with zero attached hydrogens (tertiary/aromatic N) is 1. The average molecular weight is 337 g/mol. The Bertz CT molecular complexity index is 699. The van der Waals surface area contributed by atoms with Crippen molar-refractivity contribution < 1.29 is 9.47 Å². The molecule has 6 heteroatoms. The molecule has 1 aromatic carbocycles. The molecule has 0 saturated heterocycles. The molecule has 2 aromatic rings. The third-order valence-corrected chi connectivity index (χ3v) is 3.63. The largest absolute Gasteiger partial charge is 0.454 e. The van der Waals surface area contributed by atoms with Gasteiger partial charge in [-0.15, -0.1) is 0 Å². The van der Waals surface area contributed by atoms with E-state index in [0.717, 1.165) is 15.8 Å². The summed E-state index contributed by atoms with van der Waals surface area (Å²) < 4.78 is 13.0. The topological polar surface area (TPSA) is 66.5 Å². The SMILES string of the molecule is NC(Cn1cc(Br)ccc1=O)c1ccc2c(c1)OCO2. The molecule has 104 valence electrons. The lowest BCUT2D eigenvalue weighted by Gasteiger charge is -2.14. The molecule has 1 atom stereocenters. The molecule has 0 amide bonds. The highest BCUT2D eigenvalue weighted by atomic mass is 79.9. The zero-order valence-electron chi connectivity index (χ0n) is 10.6. The monoisotopic (exact) mass is 336 g/mol. The van der Waals surface area contributed by atoms with Crippen LogP contribution in [0.15, 0.2) is 45.8 Å². The van der Waals surface area contributed by atoms with Crippen LogP contribution in [0.25, 0.3) is 0 Å². The lowest BCUT2D eigenvalue weighted by molar-refractivity contribution is 0.174. The fourth-order valence-corrected chi connectivity index (χ4v) is 2.49. The maximum absolute atomic E-state index is 11.8. The Morgan fingerprint density at radius 3 is 2.90 bits per heavy atom. The average Bonchev–Trinajstić information content (AvgIpc) is 2.90. The molecule has 0 saturated carbocycles. The van der Waals surface area contributed by atoms with Crippen molar-refractivity contribution in [3.63, 3.8) is 0 Å². The number of fused-ring (bicyclic) bond motifs is 1. The lowest BCUT2D eigenvalue weighted by Crippen LogP contribution is -2.25. The molecule has 1 aromatic heterocycles. The van der Waals surface area contributed by atoms with E-state index in [1.807, 2.05) is 18.2 Å². The Morgan fingerprint density at radius 1 is 1.25 bits per heavy atom. The van der Waals surface area contributed by atoms with Crippen LogP contribution in [-0.4, -0.2) is 11.4 Å². The van der Waals surface area contributed by atoms with Gasteiger partial charge >= 0.3 is 0 Å². The zero-order chi connectivity index (χ0) is 14.1. The number of hydrogen-bond acceptors (Lipinski definition) is 4. The van der Waals surface area contributed by atoms with Crippen molar-refractivity contribution in [1.82, 2.24) is 4.57 Å². The van der Waals surface area contributed by atoms with Gasteiger partial charge in [-0.25, -0.2) is 0 Å². The zero-order valence-corrected chi connectivity index (χ0v) is 12.2. The molecule has 0 radical (unpaired) electrons. The van der Waals surface area contributed by atoms with E-state index >= 15 is 0 Å². The molecular formula is C14H13BrN2O3. The third kappa shape index (κ3) is 2.57. The van der Waals surface area contributed by atoms with Crippen LogP contribution in [0.2, 0.25) is 0 Å². The van der Waals surface area contributed by atoms with E-state index in [2.05, 4.69) is 15.9 Å². The maximum Gasteiger partial charge on any atom is 0.250 e. The van der Waals surface area contributed by atoms with E-state index in [0.29, 0.717) is 12.3 Å². The quantitative estimate of drug-likeness (QED) is 0.931. The van der Waals surface area contributed by atoms with Crippen LogP contribution in [0.5, 0.6) is 11.5 Å². The highest BCUT2D eigenvalue weighted by Crippen LogP contribution is 2.33. The first kappa shape index (κ1) is 13.2. The standard InChI is InChI=1S/C14H13BrN2O3/c15-10-2-4-14(18)17(6-10)7-11(16)9-1-3-12-13(5-9)20-8-19-12/h1-6,11H,7-8,16H2. The summed E-state index contributed by atoms with van der Waals surface area (Å²) in [6.07, 6.45) is 1.73. The second-order valence-electron chi connectivity index (χ2n) is 4.56. The predicted molar refractivity (Wildman–Crippen MR) is 77.9 cm³/mol. The summed E-state index contributed by atoms with van der Waals surface area (Å²) in [5, 5.41) is 0. The molecule has 1 aliphatic rings. The van der Waals surface area contributed by atoms with E-state index < -0.39 is 0 Å². The van der Waals surface area contributed by atoms with Gasteiger partial charge in [-0.3, -0.25) is 4.79 Å². The van der Waals surface area contributed by atoms with E-state index in [9.17, 15) is 4.79 Å². The first-order valence-corrected chi connectivity index (χ1v) is 6.94. The molecular weight excluding hydrogens is 324 g/mol. The summed E-state index contributed by atoms with van der Waals surface area (Å²) in [5.74, 6) is 1.42. The summed E-state index contributed by atoms with van der Waals surface area (Å²) in [4.78, 5) is 11.8. The van der Waals surface area contributed by atoms with Gasteiger partial charge in [-0.05, 0) is 39.7 Å². The molecule has 0 bridgehead atoms. The number of hydrogen-bond donors (Lipinski definition) is 1. The van der Waals surface area contributed by atoms with E-state index in [1.165, 1.54) is 6.07 Å². The van der Waals surface area contributed by atoms with Crippen LogP contribution < -0.4 is 20.8 Å². The number of nitrogens with two attached hydrogens (primary N) is 1. The minimum atomic E-state index is -0.295. The van der Waals surface area contributed by atoms with Gasteiger partial charge in [0.05, 0.1) is 0 Å². The summed E-state index contributed by atoms with van der Waals surface area (Å²) in [6.45, 7) is 0.636. The summed E-state index contributed by atoms with van der Waals surface area (Å²) in [5.41, 5.74) is 6.99. The van der Waals surface area contributed by atoms with Gasteiger partial charge in [0.15, 0.2) is 11.5 Å². The lowest BCUT2D eigenvalue weighted by atomic mass is 10.1. The Labute approximate surface area is 124 Å². The van der Waals surface area contributed by atoms with Gasteiger partial charge in [0.2, 0.25) is 6.79 Å². The fourth-order valence-electron chi connectivity index (χ4n) is 2.11. The Kier molecular flexibility index (Phi) is 3.50. The summed E-state index contributed by atoms with van der Waals surface area (Å²) in [7, 11) is 0. The third-order valence-electron chi connectivity index (χ3n) is 3.17. The second-order valence-corrected chi connectivity index (χ2v) is 5.47. The van der Waals surface area contributed by atoms with Crippen molar-refractivity contribution in [2.75, 3.05) is 6.79 Å². The molecule has 0 spiro atoms. The van der Waals surface area contributed by atoms with Crippen molar-refractivity contribution in [3.8, 4) is 11.5 Å². The van der Waals surface area contributed by atoms with E-state index in [1.54, 1.807) is 16.8 Å². The summed E-state index contributed by atoms with van der Waals surface area (Å²) >= 11 is 3.35. The van der Waals surface area contributed by atoms with Crippen LogP contribution >= 0.6 is 15.9 Å². The Balaban J connectivity index is 1.84. The van der Waals surface area contributed by atoms with Gasteiger partial charge in [-0.1, -0.05) is 6.07 Å². The van der Waals surface area contributed by atoms with Crippen LogP contribution in [0.4, 0.5) is 0 Å². The van der Waals surface area contributed by atoms with Crippen molar-refractivity contribution in [3.05, 3.63) is 56.9 Å². The number of benzene rings is 1. The van der Waals surface area contributed by atoms with Gasteiger partial charge < -0.3 is 19.8 Å². The van der Waals surface area contributed by atoms with Crippen LogP contribution in [-0.2, 0) is 6.54 Å². The van der Waals surface area contributed by atoms with E-state index in [4.69, 9.17) is 15.2 Å². The molecule has 5 nitrogen and oxygen atoms in total. The molecule has 2 heterocycles. The highest BCUT2D eigenvalue weighted by Gasteiger charge is 2.16. The number of ether oxygens (including phenoxy) is 2. The van der Waals surface area contributed by atoms with Gasteiger partial charge in [-0.2, -0.15) is 0 Å². The number of halogens is 1. The molecule has 0 fully saturated rings. The minimum Gasteiger partial charge on any atom is -0.454 e. The molecule has 1 unspecified atom stereocenters. The van der Waals surface area contributed by atoms with Crippen LogP contribution in [0.1, 0.15) is 11.6 Å². The normalized spacial score (nSPS) is 14.3. The van der Waals surface area contributed by atoms with Gasteiger partial charge in [0.25, 0.3) is 5.56 Å². The number of pyridine rings is 1. The first-order valence-electron chi connectivity index (χ1n) is 6.14. The first-order chi connectivity index (χ1) is 9.63. The Morgan fingerprint density at radius 2 is 2.05 bits per heavy atom. The molecule has 2 N–H and O–H groups in total. The van der Waals surface area contributed by atoms with E-state index in [-0.39, 0.29) is 18.4 Å². The van der Waals surface area contributed by atoms with Crippen LogP contribution in [0.3, 0.4) is 0 Å². The fraction of sp³-hybridized carbons (Fsp3) is 0.214. The highest BCUT2D eigenvalue weighted by molar-refractivity contribution is 9.10. The van der Waals surface area contributed by atoms with Crippen LogP contribution in [0, 0.1) is 0 Å². The van der Waals surface area contributed by atoms with Crippen molar-refractivity contribution in [2.24, 2.45) is 5.73 Å². The molecule has 1 aliphatic heterocycles. The minimum absolute atomic E-state index is 0.0793. The summed E-state index contributed by atoms with van der Waals surface area (Å²) in [6, 6.07) is 8.51. The van der Waals surface area contributed by atoms with Gasteiger partial charge in [0.1, 0.15) is 0 Å². The van der Waals surface area contributed by atoms with Gasteiger partial charge in [0, 0.05) is 29.3 Å². The van der Waals surface area contributed by atoms with Crippen molar-refractivity contribution in [1.29, 1.82) is 0 Å². The maximum atomic E-state index is 11.8. The number of aromatic nitrogens is 1. The number of rotatable bonds is 3. The smallest absolute Gasteiger partial charge is 0.250 e. The Hall–Kier alpha value is -1.79. The predicted octanol–water partition coefficient (Wildman–Crippen LogP) is 2.04. The van der Waals surface area contributed by atoms with Crippen molar-refractivity contribution >= 4 is 15.9 Å². The molecule has 20 heavy (non-hydrogen) atoms.